The van der Waals surface area contributed by atoms with E-state index in [0.29, 0.717) is 16.0 Å². The van der Waals surface area contributed by atoms with Crippen molar-refractivity contribution >= 4 is 21.7 Å². The quantitative estimate of drug-likeness (QED) is 0.942. The highest BCUT2D eigenvalue weighted by atomic mass is 79.9. The molecule has 1 N–H and O–H groups in total. The lowest BCUT2D eigenvalue weighted by molar-refractivity contribution is 0.627. The van der Waals surface area contributed by atoms with Crippen LogP contribution in [0.4, 0.5) is 10.2 Å². The second kappa shape index (κ2) is 5.23. The van der Waals surface area contributed by atoms with Gasteiger partial charge < -0.3 is 5.32 Å². The number of benzene rings is 1. The molecule has 0 aliphatic rings. The van der Waals surface area contributed by atoms with Crippen molar-refractivity contribution in [1.29, 1.82) is 0 Å². The Morgan fingerprint density at radius 2 is 2.06 bits per heavy atom. The topological polar surface area (TPSA) is 37.8 Å². The third kappa shape index (κ3) is 2.61. The summed E-state index contributed by atoms with van der Waals surface area (Å²) in [4.78, 5) is 8.50. The molecule has 1 aromatic carbocycles. The van der Waals surface area contributed by atoms with Gasteiger partial charge in [-0.15, -0.1) is 0 Å². The molecule has 0 fully saturated rings. The van der Waals surface area contributed by atoms with Crippen molar-refractivity contribution in [3.63, 3.8) is 0 Å². The first kappa shape index (κ1) is 12.0. The number of anilines is 1. The number of halogens is 2. The molecule has 0 aliphatic carbocycles. The molecule has 2 rings (SSSR count). The van der Waals surface area contributed by atoms with Gasteiger partial charge in [0.2, 0.25) is 0 Å². The Morgan fingerprint density at radius 1 is 1.29 bits per heavy atom. The predicted octanol–water partition coefficient (Wildman–Crippen LogP) is 3.48. The molecule has 2 aromatic rings. The van der Waals surface area contributed by atoms with Gasteiger partial charge in [-0.1, -0.05) is 0 Å². The average molecular weight is 296 g/mol. The van der Waals surface area contributed by atoms with Crippen LogP contribution in [-0.4, -0.2) is 16.5 Å². The van der Waals surface area contributed by atoms with E-state index in [9.17, 15) is 4.39 Å². The van der Waals surface area contributed by atoms with E-state index in [1.54, 1.807) is 18.5 Å². The summed E-state index contributed by atoms with van der Waals surface area (Å²) in [7, 11) is 0. The maximum Gasteiger partial charge on any atom is 0.152 e. The summed E-state index contributed by atoms with van der Waals surface area (Å²) in [6.45, 7) is 2.74. The number of aromatic nitrogens is 2. The molecule has 88 valence electrons. The minimum atomic E-state index is -0.283. The third-order valence-electron chi connectivity index (χ3n) is 2.23. The molecule has 0 atom stereocenters. The SMILES string of the molecule is CCNc1nccnc1-c1ccc(F)cc1Br. The summed E-state index contributed by atoms with van der Waals surface area (Å²) < 4.78 is 13.7. The number of rotatable bonds is 3. The largest absolute Gasteiger partial charge is 0.369 e. The maximum atomic E-state index is 13.0. The molecule has 17 heavy (non-hydrogen) atoms. The van der Waals surface area contributed by atoms with Crippen molar-refractivity contribution in [3.8, 4) is 11.3 Å². The molecule has 0 spiro atoms. The van der Waals surface area contributed by atoms with Crippen LogP contribution < -0.4 is 5.32 Å². The standard InChI is InChI=1S/C12H11BrFN3/c1-2-15-12-11(16-5-6-17-12)9-4-3-8(14)7-10(9)13/h3-7H,2H2,1H3,(H,15,17). The Bertz CT molecular complexity index is 531. The van der Waals surface area contributed by atoms with Crippen molar-refractivity contribution in [2.24, 2.45) is 0 Å². The zero-order chi connectivity index (χ0) is 12.3. The van der Waals surface area contributed by atoms with Crippen molar-refractivity contribution in [2.75, 3.05) is 11.9 Å². The van der Waals surface area contributed by atoms with Crippen LogP contribution in [0, 0.1) is 5.82 Å². The van der Waals surface area contributed by atoms with E-state index in [4.69, 9.17) is 0 Å². The van der Waals surface area contributed by atoms with Gasteiger partial charge in [-0.2, -0.15) is 0 Å². The lowest BCUT2D eigenvalue weighted by atomic mass is 10.1. The van der Waals surface area contributed by atoms with E-state index in [1.807, 2.05) is 6.92 Å². The molecule has 1 heterocycles. The highest BCUT2D eigenvalue weighted by Crippen LogP contribution is 2.30. The van der Waals surface area contributed by atoms with Crippen LogP contribution in [0.1, 0.15) is 6.92 Å². The number of hydrogen-bond donors (Lipinski definition) is 1. The van der Waals surface area contributed by atoms with E-state index >= 15 is 0 Å². The van der Waals surface area contributed by atoms with E-state index < -0.39 is 0 Å². The molecule has 0 saturated carbocycles. The van der Waals surface area contributed by atoms with Crippen LogP contribution in [0.15, 0.2) is 35.1 Å². The fourth-order valence-corrected chi connectivity index (χ4v) is 2.05. The molecule has 5 heteroatoms. The molecule has 3 nitrogen and oxygen atoms in total. The molecule has 0 amide bonds. The summed E-state index contributed by atoms with van der Waals surface area (Å²) >= 11 is 3.33. The molecular weight excluding hydrogens is 285 g/mol. The average Bonchev–Trinajstić information content (AvgIpc) is 2.31. The fourth-order valence-electron chi connectivity index (χ4n) is 1.51. The van der Waals surface area contributed by atoms with Gasteiger partial charge in [0, 0.05) is 29.0 Å². The Kier molecular flexibility index (Phi) is 3.68. The van der Waals surface area contributed by atoms with Crippen LogP contribution in [-0.2, 0) is 0 Å². The molecule has 0 radical (unpaired) electrons. The number of hydrogen-bond acceptors (Lipinski definition) is 3. The summed E-state index contributed by atoms with van der Waals surface area (Å²) in [6.07, 6.45) is 3.24. The lowest BCUT2D eigenvalue weighted by Crippen LogP contribution is -2.02. The first-order chi connectivity index (χ1) is 8.22. The molecular formula is C12H11BrFN3. The van der Waals surface area contributed by atoms with Gasteiger partial charge in [0.25, 0.3) is 0 Å². The second-order valence-corrected chi connectivity index (χ2v) is 4.26. The molecule has 0 bridgehead atoms. The molecule has 0 unspecified atom stereocenters. The Labute approximate surface area is 107 Å². The van der Waals surface area contributed by atoms with Gasteiger partial charge in [0.15, 0.2) is 5.82 Å². The van der Waals surface area contributed by atoms with Gasteiger partial charge >= 0.3 is 0 Å². The summed E-state index contributed by atoms with van der Waals surface area (Å²) in [5.74, 6) is 0.414. The third-order valence-corrected chi connectivity index (χ3v) is 2.88. The first-order valence-corrected chi connectivity index (χ1v) is 6.02. The lowest BCUT2D eigenvalue weighted by Gasteiger charge is -2.09. The van der Waals surface area contributed by atoms with Crippen LogP contribution >= 0.6 is 15.9 Å². The Morgan fingerprint density at radius 3 is 2.76 bits per heavy atom. The summed E-state index contributed by atoms with van der Waals surface area (Å²) in [5.41, 5.74) is 1.52. The zero-order valence-electron chi connectivity index (χ0n) is 9.24. The molecule has 0 saturated heterocycles. The van der Waals surface area contributed by atoms with Gasteiger partial charge in [-0.05, 0) is 41.1 Å². The Balaban J connectivity index is 2.52. The summed E-state index contributed by atoms with van der Waals surface area (Å²) in [5, 5.41) is 3.13. The predicted molar refractivity (Wildman–Crippen MR) is 69.3 cm³/mol. The molecule has 1 aromatic heterocycles. The van der Waals surface area contributed by atoms with Gasteiger partial charge in [0.1, 0.15) is 11.5 Å². The van der Waals surface area contributed by atoms with E-state index in [-0.39, 0.29) is 5.82 Å². The van der Waals surface area contributed by atoms with Crippen LogP contribution in [0.3, 0.4) is 0 Å². The minimum absolute atomic E-state index is 0.283. The van der Waals surface area contributed by atoms with Crippen LogP contribution in [0.2, 0.25) is 0 Å². The maximum absolute atomic E-state index is 13.0. The van der Waals surface area contributed by atoms with E-state index in [2.05, 4.69) is 31.2 Å². The van der Waals surface area contributed by atoms with Gasteiger partial charge in [-0.25, -0.2) is 9.37 Å². The number of nitrogens with one attached hydrogen (secondary N) is 1. The van der Waals surface area contributed by atoms with Crippen molar-refractivity contribution in [2.45, 2.75) is 6.92 Å². The second-order valence-electron chi connectivity index (χ2n) is 3.41. The monoisotopic (exact) mass is 295 g/mol. The zero-order valence-corrected chi connectivity index (χ0v) is 10.8. The normalized spacial score (nSPS) is 10.3. The summed E-state index contributed by atoms with van der Waals surface area (Å²) in [6, 6.07) is 4.51. The first-order valence-electron chi connectivity index (χ1n) is 5.22. The van der Waals surface area contributed by atoms with Crippen LogP contribution in [0.25, 0.3) is 11.3 Å². The fraction of sp³-hybridized carbons (Fsp3) is 0.167. The smallest absolute Gasteiger partial charge is 0.152 e. The van der Waals surface area contributed by atoms with E-state index in [1.165, 1.54) is 12.1 Å². The Hall–Kier alpha value is -1.49. The van der Waals surface area contributed by atoms with Gasteiger partial charge in [0.05, 0.1) is 0 Å². The highest BCUT2D eigenvalue weighted by molar-refractivity contribution is 9.10. The minimum Gasteiger partial charge on any atom is -0.369 e. The van der Waals surface area contributed by atoms with Crippen molar-refractivity contribution in [3.05, 3.63) is 40.9 Å². The van der Waals surface area contributed by atoms with E-state index in [0.717, 1.165) is 12.1 Å². The molecule has 0 aliphatic heterocycles. The van der Waals surface area contributed by atoms with Crippen molar-refractivity contribution < 1.29 is 4.39 Å². The number of nitrogens with zero attached hydrogens (tertiary/aromatic N) is 2. The van der Waals surface area contributed by atoms with Gasteiger partial charge in [-0.3, -0.25) is 4.98 Å². The van der Waals surface area contributed by atoms with Crippen LogP contribution in [0.5, 0.6) is 0 Å². The van der Waals surface area contributed by atoms with Crippen molar-refractivity contribution in [1.82, 2.24) is 9.97 Å². The highest BCUT2D eigenvalue weighted by Gasteiger charge is 2.10.